The highest BCUT2D eigenvalue weighted by Gasteiger charge is 2.52. The summed E-state index contributed by atoms with van der Waals surface area (Å²) in [7, 11) is 0. The molecule has 4 nitrogen and oxygen atoms in total. The number of amides is 1. The van der Waals surface area contributed by atoms with Gasteiger partial charge in [-0.1, -0.05) is 11.6 Å². The van der Waals surface area contributed by atoms with Gasteiger partial charge in [0.15, 0.2) is 0 Å². The van der Waals surface area contributed by atoms with Crippen LogP contribution < -0.4 is 4.74 Å². The second-order valence-electron chi connectivity index (χ2n) is 12.7. The van der Waals surface area contributed by atoms with E-state index < -0.39 is 23.2 Å². The van der Waals surface area contributed by atoms with E-state index in [1.807, 2.05) is 11.8 Å². The van der Waals surface area contributed by atoms with Crippen LogP contribution in [-0.2, 0) is 12.7 Å². The fourth-order valence-corrected chi connectivity index (χ4v) is 6.61. The average Bonchev–Trinajstić information content (AvgIpc) is 3.84. The summed E-state index contributed by atoms with van der Waals surface area (Å²) >= 11 is 6.14. The molecule has 2 heterocycles. The van der Waals surface area contributed by atoms with E-state index >= 15 is 8.78 Å². The van der Waals surface area contributed by atoms with Crippen molar-refractivity contribution in [2.45, 2.75) is 82.2 Å². The Kier molecular flexibility index (Phi) is 7.29. The fraction of sp³-hybridized carbons (Fsp3) is 0.581. The molecule has 0 radical (unpaired) electrons. The van der Waals surface area contributed by atoms with E-state index in [0.717, 1.165) is 49.8 Å². The molecule has 2 aliphatic carbocycles. The van der Waals surface area contributed by atoms with Gasteiger partial charge in [-0.3, -0.25) is 9.69 Å². The number of benzene rings is 2. The van der Waals surface area contributed by atoms with Gasteiger partial charge in [0.1, 0.15) is 23.8 Å². The summed E-state index contributed by atoms with van der Waals surface area (Å²) in [6.07, 6.45) is 0.783. The number of carbonyl (C=O) groups excluding carboxylic acids is 1. The largest absolute Gasteiger partial charge is 0.490 e. The number of piperidine rings is 1. The third kappa shape index (κ3) is 6.07. The van der Waals surface area contributed by atoms with Crippen molar-refractivity contribution in [3.8, 4) is 5.75 Å². The van der Waals surface area contributed by atoms with Crippen LogP contribution in [0, 0.1) is 11.2 Å². The van der Waals surface area contributed by atoms with Gasteiger partial charge in [0.25, 0.3) is 5.91 Å². The molecule has 2 aromatic carbocycles. The van der Waals surface area contributed by atoms with Crippen LogP contribution in [0.2, 0.25) is 5.02 Å². The molecule has 10 heteroatoms. The van der Waals surface area contributed by atoms with Gasteiger partial charge in [0.2, 0.25) is 0 Å². The quantitative estimate of drug-likeness (QED) is 0.306. The Hall–Kier alpha value is -2.39. The van der Waals surface area contributed by atoms with E-state index in [4.69, 9.17) is 16.3 Å². The lowest BCUT2D eigenvalue weighted by atomic mass is 9.93. The number of alkyl halides is 4. The molecule has 4 fully saturated rings. The minimum absolute atomic E-state index is 0.0559. The Labute approximate surface area is 241 Å². The first kappa shape index (κ1) is 28.7. The minimum atomic E-state index is -4.47. The molecule has 0 unspecified atom stereocenters. The predicted octanol–water partition coefficient (Wildman–Crippen LogP) is 7.77. The molecule has 2 aromatic rings. The molecule has 1 spiro atoms. The normalized spacial score (nSPS) is 23.7. The number of likely N-dealkylation sites (tertiary alicyclic amines) is 2. The molecule has 222 valence electrons. The molecule has 1 atom stereocenters. The van der Waals surface area contributed by atoms with Crippen molar-refractivity contribution in [3.05, 3.63) is 63.4 Å². The van der Waals surface area contributed by atoms with Gasteiger partial charge >= 0.3 is 6.18 Å². The Bertz CT molecular complexity index is 1330. The molecule has 41 heavy (non-hydrogen) atoms. The fourth-order valence-electron chi connectivity index (χ4n) is 6.43. The summed E-state index contributed by atoms with van der Waals surface area (Å²) in [5.41, 5.74) is -1.06. The second-order valence-corrected chi connectivity index (χ2v) is 13.1. The van der Waals surface area contributed by atoms with Gasteiger partial charge in [0.05, 0.1) is 11.1 Å². The molecule has 0 N–H and O–H groups in total. The lowest BCUT2D eigenvalue weighted by Gasteiger charge is -2.36. The zero-order valence-corrected chi connectivity index (χ0v) is 23.8. The summed E-state index contributed by atoms with van der Waals surface area (Å²) in [5, 5.41) is 0.237. The molecule has 2 saturated heterocycles. The highest BCUT2D eigenvalue weighted by atomic mass is 35.5. The molecule has 0 aromatic heterocycles. The van der Waals surface area contributed by atoms with Crippen LogP contribution in [0.3, 0.4) is 0 Å². The standard InChI is InChI=1S/C31H34ClF5N2O2/c1-19-15-29(6-7-29)17-39(19)28(40)24-13-23(20-2-3-20)27(14-26(24)33)41-18-30(34)8-10-38(11-9-30)16-21-12-22(31(35,36)37)4-5-25(21)32/h4-5,12-14,19-20H,2-3,6-11,15-18H2,1H3/t19-/m1/s1. The van der Waals surface area contributed by atoms with Gasteiger partial charge in [0, 0.05) is 43.3 Å². The molecule has 1 amide bonds. The summed E-state index contributed by atoms with van der Waals surface area (Å²) in [5.74, 6) is -0.496. The van der Waals surface area contributed by atoms with Crippen LogP contribution in [0.25, 0.3) is 0 Å². The summed E-state index contributed by atoms with van der Waals surface area (Å²) in [6, 6.07) is 6.15. The predicted molar refractivity (Wildman–Crippen MR) is 145 cm³/mol. The summed E-state index contributed by atoms with van der Waals surface area (Å²) in [4.78, 5) is 17.0. The third-order valence-electron chi connectivity index (χ3n) is 9.34. The smallest absolute Gasteiger partial charge is 0.416 e. The van der Waals surface area contributed by atoms with E-state index in [9.17, 15) is 18.0 Å². The lowest BCUT2D eigenvalue weighted by molar-refractivity contribution is -0.137. The van der Waals surface area contributed by atoms with Crippen LogP contribution in [0.5, 0.6) is 5.75 Å². The van der Waals surface area contributed by atoms with E-state index in [0.29, 0.717) is 25.2 Å². The number of nitrogens with zero attached hydrogens (tertiary/aromatic N) is 2. The maximum atomic E-state index is 15.8. The number of carbonyl (C=O) groups is 1. The van der Waals surface area contributed by atoms with Crippen molar-refractivity contribution in [2.24, 2.45) is 5.41 Å². The zero-order chi connectivity index (χ0) is 29.2. The molecular formula is C31H34ClF5N2O2. The molecular weight excluding hydrogens is 563 g/mol. The topological polar surface area (TPSA) is 32.8 Å². The monoisotopic (exact) mass is 596 g/mol. The molecule has 0 bridgehead atoms. The van der Waals surface area contributed by atoms with Gasteiger partial charge in [-0.2, -0.15) is 13.2 Å². The maximum Gasteiger partial charge on any atom is 0.416 e. The van der Waals surface area contributed by atoms with Gasteiger partial charge < -0.3 is 9.64 Å². The van der Waals surface area contributed by atoms with Crippen molar-refractivity contribution < 1.29 is 31.5 Å². The Balaban J connectivity index is 1.09. The van der Waals surface area contributed by atoms with E-state index in [2.05, 4.69) is 0 Å². The molecule has 6 rings (SSSR count). The van der Waals surface area contributed by atoms with Crippen LogP contribution in [0.1, 0.15) is 84.8 Å². The number of rotatable bonds is 7. The number of hydrogen-bond donors (Lipinski definition) is 0. The van der Waals surface area contributed by atoms with Crippen LogP contribution in [-0.4, -0.2) is 53.7 Å². The number of hydrogen-bond acceptors (Lipinski definition) is 3. The van der Waals surface area contributed by atoms with Gasteiger partial charge in [-0.15, -0.1) is 0 Å². The van der Waals surface area contributed by atoms with E-state index in [-0.39, 0.29) is 65.6 Å². The van der Waals surface area contributed by atoms with Crippen LogP contribution in [0.4, 0.5) is 22.0 Å². The summed E-state index contributed by atoms with van der Waals surface area (Å²) < 4.78 is 76.4. The lowest BCUT2D eigenvalue weighted by Crippen LogP contribution is -2.44. The van der Waals surface area contributed by atoms with Crippen molar-refractivity contribution >= 4 is 17.5 Å². The number of halogens is 6. The van der Waals surface area contributed by atoms with Crippen molar-refractivity contribution in [3.63, 3.8) is 0 Å². The third-order valence-corrected chi connectivity index (χ3v) is 9.71. The first-order chi connectivity index (χ1) is 19.3. The highest BCUT2D eigenvalue weighted by molar-refractivity contribution is 6.31. The maximum absolute atomic E-state index is 15.8. The van der Waals surface area contributed by atoms with E-state index in [1.54, 1.807) is 11.0 Å². The first-order valence-corrected chi connectivity index (χ1v) is 14.8. The average molecular weight is 597 g/mol. The highest BCUT2D eigenvalue weighted by Crippen LogP contribution is 2.55. The minimum Gasteiger partial charge on any atom is -0.490 e. The first-order valence-electron chi connectivity index (χ1n) is 14.4. The van der Waals surface area contributed by atoms with Gasteiger partial charge in [-0.05, 0) is 98.6 Å². The zero-order valence-electron chi connectivity index (χ0n) is 23.0. The van der Waals surface area contributed by atoms with Crippen LogP contribution >= 0.6 is 11.6 Å². The number of ether oxygens (including phenoxy) is 1. The Morgan fingerprint density at radius 3 is 2.41 bits per heavy atom. The van der Waals surface area contributed by atoms with Crippen molar-refractivity contribution in [2.75, 3.05) is 26.2 Å². The van der Waals surface area contributed by atoms with Crippen LogP contribution in [0.15, 0.2) is 30.3 Å². The van der Waals surface area contributed by atoms with Crippen molar-refractivity contribution in [1.29, 1.82) is 0 Å². The molecule has 2 aliphatic heterocycles. The molecule has 2 saturated carbocycles. The van der Waals surface area contributed by atoms with Gasteiger partial charge in [-0.25, -0.2) is 8.78 Å². The van der Waals surface area contributed by atoms with Crippen molar-refractivity contribution in [1.82, 2.24) is 9.80 Å². The molecule has 4 aliphatic rings. The van der Waals surface area contributed by atoms with E-state index in [1.165, 1.54) is 12.1 Å². The Morgan fingerprint density at radius 1 is 1.10 bits per heavy atom. The second kappa shape index (κ2) is 10.4. The Morgan fingerprint density at radius 2 is 1.80 bits per heavy atom. The SMILES string of the molecule is C[C@@H]1CC2(CC2)CN1C(=O)c1cc(C2CC2)c(OCC2(F)CCN(Cc3cc(C(F)(F)F)ccc3Cl)CC2)cc1F. The summed E-state index contributed by atoms with van der Waals surface area (Å²) in [6.45, 7) is 3.25.